The molecule has 2 aliphatic rings. The molecule has 1 aliphatic carbocycles. The molecule has 1 atom stereocenters. The van der Waals surface area contributed by atoms with Crippen LogP contribution in [-0.2, 0) is 19.1 Å². The van der Waals surface area contributed by atoms with Gasteiger partial charge in [-0.05, 0) is 31.9 Å². The van der Waals surface area contributed by atoms with Gasteiger partial charge in [-0.2, -0.15) is 0 Å². The number of nitrogens with one attached hydrogen (secondary N) is 1. The van der Waals surface area contributed by atoms with Crippen LogP contribution in [0.5, 0.6) is 5.75 Å². The topological polar surface area (TPSA) is 84.9 Å². The third-order valence-corrected chi connectivity index (χ3v) is 4.95. The molecular weight excluding hydrogens is 348 g/mol. The molecule has 27 heavy (non-hydrogen) atoms. The van der Waals surface area contributed by atoms with Gasteiger partial charge in [0.05, 0.1) is 18.7 Å². The summed E-state index contributed by atoms with van der Waals surface area (Å²) < 4.78 is 10.8. The van der Waals surface area contributed by atoms with Crippen LogP contribution in [0, 0.1) is 0 Å². The zero-order valence-electron chi connectivity index (χ0n) is 15.6. The molecular formula is C20H26N2O5. The van der Waals surface area contributed by atoms with Crippen LogP contribution in [0.1, 0.15) is 45.4 Å². The number of esters is 1. The van der Waals surface area contributed by atoms with E-state index in [4.69, 9.17) is 9.47 Å². The Labute approximate surface area is 159 Å². The molecule has 146 valence electrons. The second-order valence-corrected chi connectivity index (χ2v) is 7.02. The Morgan fingerprint density at radius 3 is 2.78 bits per heavy atom. The van der Waals surface area contributed by atoms with Crippen molar-refractivity contribution in [3.05, 3.63) is 24.3 Å². The lowest BCUT2D eigenvalue weighted by molar-refractivity contribution is -0.154. The number of ether oxygens (including phenoxy) is 2. The van der Waals surface area contributed by atoms with E-state index in [1.807, 2.05) is 6.07 Å². The van der Waals surface area contributed by atoms with Crippen molar-refractivity contribution in [2.75, 3.05) is 18.1 Å². The Bertz CT molecular complexity index is 699. The molecule has 1 aromatic carbocycles. The number of fused-ring (bicyclic) bond motifs is 1. The molecule has 1 fully saturated rings. The van der Waals surface area contributed by atoms with Gasteiger partial charge in [-0.1, -0.05) is 31.4 Å². The normalized spacial score (nSPS) is 18.7. The van der Waals surface area contributed by atoms with Gasteiger partial charge in [0.15, 0.2) is 6.10 Å². The zero-order chi connectivity index (χ0) is 19.2. The summed E-state index contributed by atoms with van der Waals surface area (Å²) in [6.07, 6.45) is 4.63. The first-order valence-electron chi connectivity index (χ1n) is 9.56. The number of hydrogen-bond acceptors (Lipinski definition) is 5. The van der Waals surface area contributed by atoms with Crippen molar-refractivity contribution in [3.63, 3.8) is 0 Å². The highest BCUT2D eigenvalue weighted by Crippen LogP contribution is 2.30. The summed E-state index contributed by atoms with van der Waals surface area (Å²) in [6, 6.07) is 7.23. The van der Waals surface area contributed by atoms with Crippen LogP contribution >= 0.6 is 0 Å². The molecule has 0 saturated heterocycles. The minimum absolute atomic E-state index is 0.156. The van der Waals surface area contributed by atoms with E-state index in [1.54, 1.807) is 25.1 Å². The van der Waals surface area contributed by atoms with Crippen LogP contribution in [0.15, 0.2) is 24.3 Å². The van der Waals surface area contributed by atoms with Gasteiger partial charge in [-0.25, -0.2) is 0 Å². The molecule has 1 aromatic rings. The van der Waals surface area contributed by atoms with E-state index in [2.05, 4.69) is 5.32 Å². The van der Waals surface area contributed by atoms with Gasteiger partial charge < -0.3 is 14.8 Å². The first kappa shape index (κ1) is 19.2. The zero-order valence-corrected chi connectivity index (χ0v) is 15.6. The van der Waals surface area contributed by atoms with Gasteiger partial charge in [0, 0.05) is 6.04 Å². The lowest BCUT2D eigenvalue weighted by Crippen LogP contribution is -2.44. The maximum Gasteiger partial charge on any atom is 0.326 e. The number of amides is 2. The van der Waals surface area contributed by atoms with Gasteiger partial charge in [-0.3, -0.25) is 19.3 Å². The molecule has 1 aliphatic heterocycles. The number of hydrogen-bond donors (Lipinski definition) is 1. The van der Waals surface area contributed by atoms with Crippen LogP contribution < -0.4 is 15.0 Å². The van der Waals surface area contributed by atoms with Gasteiger partial charge in [0.1, 0.15) is 12.3 Å². The van der Waals surface area contributed by atoms with Crippen molar-refractivity contribution < 1.29 is 23.9 Å². The van der Waals surface area contributed by atoms with Gasteiger partial charge in [0.2, 0.25) is 5.91 Å². The lowest BCUT2D eigenvalue weighted by atomic mass is 9.95. The first-order valence-corrected chi connectivity index (χ1v) is 9.56. The highest BCUT2D eigenvalue weighted by Gasteiger charge is 2.28. The number of carbonyl (C=O) groups excluding carboxylic acids is 3. The minimum Gasteiger partial charge on any atom is -0.491 e. The monoisotopic (exact) mass is 374 g/mol. The predicted molar refractivity (Wildman–Crippen MR) is 99.5 cm³/mol. The molecule has 1 saturated carbocycles. The standard InChI is InChI=1S/C20H26N2O5/c1-14(20(25)21-15-7-3-2-4-8-15)27-19(24)13-22-16-9-5-6-10-17(16)26-12-11-18(22)23/h5-6,9-10,14-15H,2-4,7-8,11-13H2,1H3,(H,21,25)/t14-/m0/s1. The van der Waals surface area contributed by atoms with Crippen molar-refractivity contribution >= 4 is 23.5 Å². The van der Waals surface area contributed by atoms with Gasteiger partial charge >= 0.3 is 5.97 Å². The van der Waals surface area contributed by atoms with Crippen molar-refractivity contribution in [1.29, 1.82) is 0 Å². The number of benzene rings is 1. The van der Waals surface area contributed by atoms with Crippen LogP contribution in [0.25, 0.3) is 0 Å². The van der Waals surface area contributed by atoms with Crippen molar-refractivity contribution in [2.24, 2.45) is 0 Å². The average molecular weight is 374 g/mol. The number of para-hydroxylation sites is 2. The summed E-state index contributed by atoms with van der Waals surface area (Å²) in [5.41, 5.74) is 0.538. The first-order chi connectivity index (χ1) is 13.0. The quantitative estimate of drug-likeness (QED) is 0.799. The summed E-state index contributed by atoms with van der Waals surface area (Å²) in [6.45, 7) is 1.57. The molecule has 0 radical (unpaired) electrons. The minimum atomic E-state index is -0.895. The molecule has 7 heteroatoms. The van der Waals surface area contributed by atoms with Crippen molar-refractivity contribution in [2.45, 2.75) is 57.6 Å². The van der Waals surface area contributed by atoms with Gasteiger partial charge in [-0.15, -0.1) is 0 Å². The fourth-order valence-corrected chi connectivity index (χ4v) is 3.48. The van der Waals surface area contributed by atoms with Crippen molar-refractivity contribution in [3.8, 4) is 5.75 Å². The average Bonchev–Trinajstić information content (AvgIpc) is 2.82. The maximum absolute atomic E-state index is 12.4. The highest BCUT2D eigenvalue weighted by atomic mass is 16.5. The number of nitrogens with zero attached hydrogens (tertiary/aromatic N) is 1. The Kier molecular flexibility index (Phi) is 6.32. The molecule has 3 rings (SSSR count). The maximum atomic E-state index is 12.4. The fourth-order valence-electron chi connectivity index (χ4n) is 3.48. The van der Waals surface area contributed by atoms with E-state index in [-0.39, 0.29) is 37.4 Å². The molecule has 2 amide bonds. The molecule has 0 bridgehead atoms. The van der Waals surface area contributed by atoms with E-state index < -0.39 is 12.1 Å². The van der Waals surface area contributed by atoms with E-state index in [0.29, 0.717) is 11.4 Å². The van der Waals surface area contributed by atoms with Crippen LogP contribution in [0.4, 0.5) is 5.69 Å². The summed E-state index contributed by atoms with van der Waals surface area (Å²) in [7, 11) is 0. The Hall–Kier alpha value is -2.57. The highest BCUT2D eigenvalue weighted by molar-refractivity contribution is 5.99. The third kappa shape index (κ3) is 4.99. The number of carbonyl (C=O) groups is 3. The van der Waals surface area contributed by atoms with E-state index in [0.717, 1.165) is 25.7 Å². The molecule has 0 spiro atoms. The second kappa shape index (κ2) is 8.88. The summed E-state index contributed by atoms with van der Waals surface area (Å²) in [4.78, 5) is 38.3. The summed E-state index contributed by atoms with van der Waals surface area (Å²) >= 11 is 0. The molecule has 0 unspecified atom stereocenters. The van der Waals surface area contributed by atoms with Crippen LogP contribution in [0.2, 0.25) is 0 Å². The molecule has 7 nitrogen and oxygen atoms in total. The van der Waals surface area contributed by atoms with Gasteiger partial charge in [0.25, 0.3) is 5.91 Å². The Balaban J connectivity index is 1.57. The molecule has 1 N–H and O–H groups in total. The van der Waals surface area contributed by atoms with Crippen LogP contribution in [0.3, 0.4) is 0 Å². The largest absolute Gasteiger partial charge is 0.491 e. The number of anilines is 1. The fraction of sp³-hybridized carbons (Fsp3) is 0.550. The van der Waals surface area contributed by atoms with Crippen LogP contribution in [-0.4, -0.2) is 43.1 Å². The number of rotatable bonds is 5. The predicted octanol–water partition coefficient (Wildman–Crippen LogP) is 2.18. The third-order valence-electron chi connectivity index (χ3n) is 4.95. The van der Waals surface area contributed by atoms with E-state index in [9.17, 15) is 14.4 Å². The Morgan fingerprint density at radius 2 is 2.00 bits per heavy atom. The van der Waals surface area contributed by atoms with E-state index in [1.165, 1.54) is 11.3 Å². The Morgan fingerprint density at radius 1 is 1.26 bits per heavy atom. The van der Waals surface area contributed by atoms with Crippen molar-refractivity contribution in [1.82, 2.24) is 5.32 Å². The molecule has 1 heterocycles. The second-order valence-electron chi connectivity index (χ2n) is 7.02. The lowest BCUT2D eigenvalue weighted by Gasteiger charge is -2.25. The smallest absolute Gasteiger partial charge is 0.326 e. The summed E-state index contributed by atoms with van der Waals surface area (Å²) in [5, 5.41) is 2.95. The molecule has 0 aromatic heterocycles. The summed E-state index contributed by atoms with van der Waals surface area (Å²) in [5.74, 6) is -0.567. The SMILES string of the molecule is C[C@H](OC(=O)CN1C(=O)CCOc2ccccc21)C(=O)NC1CCCCC1. The van der Waals surface area contributed by atoms with E-state index >= 15 is 0 Å².